The molecule has 2 aliphatic heterocycles. The predicted octanol–water partition coefficient (Wildman–Crippen LogP) is 4.18. The highest BCUT2D eigenvalue weighted by atomic mass is 16.2. The number of H-pyrrole nitrogens is 1. The number of urea groups is 1. The van der Waals surface area contributed by atoms with Gasteiger partial charge in [-0.2, -0.15) is 5.10 Å². The first-order valence-electron chi connectivity index (χ1n) is 13.2. The summed E-state index contributed by atoms with van der Waals surface area (Å²) in [6.07, 6.45) is 3.51. The van der Waals surface area contributed by atoms with Gasteiger partial charge in [0.2, 0.25) is 0 Å². The SMILES string of the molecule is Cc1cc(-c2n[nH]c3c2CN(C(=O)NC2CNCC(C(C)c4ccc5ccccc5n4)C2)CC3)ccn1. The summed E-state index contributed by atoms with van der Waals surface area (Å²) in [6.45, 7) is 7.17. The molecule has 1 aromatic carbocycles. The average Bonchev–Trinajstić information content (AvgIpc) is 3.36. The van der Waals surface area contributed by atoms with Gasteiger partial charge in [-0.25, -0.2) is 4.79 Å². The molecule has 2 aliphatic rings. The Morgan fingerprint density at radius 3 is 2.95 bits per heavy atom. The highest BCUT2D eigenvalue weighted by Crippen LogP contribution is 2.31. The maximum atomic E-state index is 13.3. The third kappa shape index (κ3) is 4.81. The Morgan fingerprint density at radius 2 is 2.05 bits per heavy atom. The minimum absolute atomic E-state index is 0.00681. The molecular formula is C29H33N7O. The van der Waals surface area contributed by atoms with E-state index in [0.717, 1.165) is 70.7 Å². The summed E-state index contributed by atoms with van der Waals surface area (Å²) in [5, 5.41) is 15.8. The van der Waals surface area contributed by atoms with Crippen molar-refractivity contribution in [1.29, 1.82) is 0 Å². The first-order chi connectivity index (χ1) is 18.0. The molecule has 1 fully saturated rings. The van der Waals surface area contributed by atoms with Gasteiger partial charge in [0.25, 0.3) is 0 Å². The number of benzene rings is 1. The fourth-order valence-electron chi connectivity index (χ4n) is 5.71. The number of carbonyl (C=O) groups excluding carboxylic acids is 1. The molecule has 37 heavy (non-hydrogen) atoms. The van der Waals surface area contributed by atoms with Crippen molar-refractivity contribution in [2.24, 2.45) is 5.92 Å². The molecule has 3 unspecified atom stereocenters. The van der Waals surface area contributed by atoms with E-state index in [-0.39, 0.29) is 12.1 Å². The minimum Gasteiger partial charge on any atom is -0.334 e. The van der Waals surface area contributed by atoms with Crippen molar-refractivity contribution in [3.8, 4) is 11.3 Å². The number of hydrogen-bond acceptors (Lipinski definition) is 5. The van der Waals surface area contributed by atoms with Gasteiger partial charge in [0.05, 0.1) is 17.8 Å². The van der Waals surface area contributed by atoms with E-state index < -0.39 is 0 Å². The largest absolute Gasteiger partial charge is 0.334 e. The second kappa shape index (κ2) is 9.94. The van der Waals surface area contributed by atoms with Crippen LogP contribution in [0.2, 0.25) is 0 Å². The second-order valence-electron chi connectivity index (χ2n) is 10.4. The van der Waals surface area contributed by atoms with Crippen LogP contribution >= 0.6 is 0 Å². The van der Waals surface area contributed by atoms with Crippen molar-refractivity contribution in [2.75, 3.05) is 19.6 Å². The smallest absolute Gasteiger partial charge is 0.317 e. The molecule has 3 aromatic heterocycles. The molecule has 0 aliphatic carbocycles. The molecule has 3 atom stereocenters. The standard InChI is InChI=1S/C29H33N7O/c1-18-13-21(9-11-31-18)28-24-17-36(12-10-27(24)34-35-28)29(37)32-23-14-22(15-30-16-23)19(2)25-8-7-20-5-3-4-6-26(20)33-25/h3-9,11,13,19,22-23,30H,10,12,14-17H2,1-2H3,(H,32,37)(H,34,35). The molecule has 0 radical (unpaired) electrons. The Balaban J connectivity index is 1.11. The number of aryl methyl sites for hydroxylation is 1. The van der Waals surface area contributed by atoms with E-state index in [1.165, 1.54) is 0 Å². The van der Waals surface area contributed by atoms with Crippen LogP contribution in [0.3, 0.4) is 0 Å². The number of aromatic nitrogens is 4. The number of aromatic amines is 1. The van der Waals surface area contributed by atoms with Crippen molar-refractivity contribution in [3.63, 3.8) is 0 Å². The zero-order valence-electron chi connectivity index (χ0n) is 21.4. The lowest BCUT2D eigenvalue weighted by molar-refractivity contribution is 0.180. The molecule has 8 nitrogen and oxygen atoms in total. The molecule has 4 aromatic rings. The fraction of sp³-hybridized carbons (Fsp3) is 0.379. The molecule has 5 heterocycles. The zero-order chi connectivity index (χ0) is 25.4. The Morgan fingerprint density at radius 1 is 1.16 bits per heavy atom. The van der Waals surface area contributed by atoms with Crippen molar-refractivity contribution < 1.29 is 4.79 Å². The molecule has 3 N–H and O–H groups in total. The number of piperidine rings is 1. The van der Waals surface area contributed by atoms with Gasteiger partial charge in [-0.1, -0.05) is 31.2 Å². The molecule has 2 amide bonds. The van der Waals surface area contributed by atoms with Gasteiger partial charge in [0.1, 0.15) is 0 Å². The van der Waals surface area contributed by atoms with Crippen molar-refractivity contribution in [3.05, 3.63) is 77.4 Å². The van der Waals surface area contributed by atoms with Crippen molar-refractivity contribution in [2.45, 2.75) is 45.2 Å². The Hall–Kier alpha value is -3.78. The maximum absolute atomic E-state index is 13.3. The number of fused-ring (bicyclic) bond motifs is 2. The van der Waals surface area contributed by atoms with E-state index in [9.17, 15) is 4.79 Å². The van der Waals surface area contributed by atoms with Gasteiger partial charge in [0.15, 0.2) is 0 Å². The van der Waals surface area contributed by atoms with E-state index >= 15 is 0 Å². The summed E-state index contributed by atoms with van der Waals surface area (Å²) in [5.41, 5.74) is 7.25. The van der Waals surface area contributed by atoms with Crippen molar-refractivity contribution >= 4 is 16.9 Å². The molecule has 190 valence electrons. The van der Waals surface area contributed by atoms with Gasteiger partial charge in [-0.3, -0.25) is 15.1 Å². The minimum atomic E-state index is -0.00681. The number of nitrogens with one attached hydrogen (secondary N) is 3. The highest BCUT2D eigenvalue weighted by molar-refractivity contribution is 5.78. The van der Waals surface area contributed by atoms with Crippen LogP contribution in [-0.2, 0) is 13.0 Å². The summed E-state index contributed by atoms with van der Waals surface area (Å²) < 4.78 is 0. The molecule has 0 saturated carbocycles. The lowest BCUT2D eigenvalue weighted by atomic mass is 9.83. The number of pyridine rings is 2. The number of para-hydroxylation sites is 1. The number of amides is 2. The number of nitrogens with zero attached hydrogens (tertiary/aromatic N) is 4. The quantitative estimate of drug-likeness (QED) is 0.395. The van der Waals surface area contributed by atoms with Gasteiger partial charge >= 0.3 is 6.03 Å². The monoisotopic (exact) mass is 495 g/mol. The zero-order valence-corrected chi connectivity index (χ0v) is 21.4. The first kappa shape index (κ1) is 23.6. The van der Waals surface area contributed by atoms with Crippen LogP contribution in [0, 0.1) is 12.8 Å². The first-order valence-corrected chi connectivity index (χ1v) is 13.2. The number of carbonyl (C=O) groups is 1. The van der Waals surface area contributed by atoms with E-state index in [1.807, 2.05) is 36.1 Å². The molecule has 6 rings (SSSR count). The molecule has 8 heteroatoms. The van der Waals surface area contributed by atoms with Crippen LogP contribution in [-0.4, -0.2) is 56.8 Å². The molecule has 1 saturated heterocycles. The van der Waals surface area contributed by atoms with Gasteiger partial charge in [-0.05, 0) is 50.1 Å². The highest BCUT2D eigenvalue weighted by Gasteiger charge is 2.31. The summed E-state index contributed by atoms with van der Waals surface area (Å²) in [4.78, 5) is 24.5. The third-order valence-corrected chi connectivity index (χ3v) is 7.90. The lowest BCUT2D eigenvalue weighted by Crippen LogP contribution is -2.53. The van der Waals surface area contributed by atoms with E-state index in [0.29, 0.717) is 24.9 Å². The van der Waals surface area contributed by atoms with Crippen LogP contribution in [0.4, 0.5) is 4.79 Å². The van der Waals surface area contributed by atoms with Crippen LogP contribution < -0.4 is 10.6 Å². The van der Waals surface area contributed by atoms with Crippen LogP contribution in [0.25, 0.3) is 22.2 Å². The second-order valence-corrected chi connectivity index (χ2v) is 10.4. The number of hydrogen-bond donors (Lipinski definition) is 3. The summed E-state index contributed by atoms with van der Waals surface area (Å²) >= 11 is 0. The fourth-order valence-corrected chi connectivity index (χ4v) is 5.71. The van der Waals surface area contributed by atoms with Crippen molar-refractivity contribution in [1.82, 2.24) is 35.7 Å². The maximum Gasteiger partial charge on any atom is 0.317 e. The molecule has 0 bridgehead atoms. The lowest BCUT2D eigenvalue weighted by Gasteiger charge is -2.36. The average molecular weight is 496 g/mol. The Labute approximate surface area is 216 Å². The van der Waals surface area contributed by atoms with E-state index in [1.54, 1.807) is 6.20 Å². The molecule has 0 spiro atoms. The molecular weight excluding hydrogens is 462 g/mol. The van der Waals surface area contributed by atoms with E-state index in [4.69, 9.17) is 4.98 Å². The number of rotatable bonds is 4. The van der Waals surface area contributed by atoms with Crippen LogP contribution in [0.15, 0.2) is 54.7 Å². The Bertz CT molecular complexity index is 1430. The van der Waals surface area contributed by atoms with Crippen LogP contribution in [0.1, 0.15) is 41.9 Å². The van der Waals surface area contributed by atoms with Gasteiger partial charge < -0.3 is 15.5 Å². The topological polar surface area (TPSA) is 98.8 Å². The Kier molecular flexibility index (Phi) is 6.34. The normalized spacial score (nSPS) is 20.4. The van der Waals surface area contributed by atoms with Gasteiger partial charge in [0, 0.05) is 71.3 Å². The predicted molar refractivity (Wildman–Crippen MR) is 144 cm³/mol. The summed E-state index contributed by atoms with van der Waals surface area (Å²) in [5.74, 6) is 0.697. The third-order valence-electron chi connectivity index (χ3n) is 7.90. The van der Waals surface area contributed by atoms with E-state index in [2.05, 4.69) is 57.0 Å². The van der Waals surface area contributed by atoms with Gasteiger partial charge in [-0.15, -0.1) is 0 Å². The van der Waals surface area contributed by atoms with Crippen LogP contribution in [0.5, 0.6) is 0 Å². The summed E-state index contributed by atoms with van der Waals surface area (Å²) in [6, 6.07) is 16.6. The summed E-state index contributed by atoms with van der Waals surface area (Å²) in [7, 11) is 0.